The smallest absolute Gasteiger partial charge is 0.226 e. The van der Waals surface area contributed by atoms with E-state index in [1.54, 1.807) is 12.1 Å². The summed E-state index contributed by atoms with van der Waals surface area (Å²) >= 11 is 1.54. The van der Waals surface area contributed by atoms with Gasteiger partial charge >= 0.3 is 0 Å². The van der Waals surface area contributed by atoms with Crippen LogP contribution in [0.3, 0.4) is 0 Å². The Morgan fingerprint density at radius 2 is 2.38 bits per heavy atom. The minimum atomic E-state index is 0.528. The van der Waals surface area contributed by atoms with Crippen molar-refractivity contribution < 1.29 is 0 Å². The Balaban J connectivity index is 1.89. The lowest BCUT2D eigenvalue weighted by Crippen LogP contribution is -2.36. The highest BCUT2D eigenvalue weighted by molar-refractivity contribution is 7.95. The van der Waals surface area contributed by atoms with E-state index in [2.05, 4.69) is 51.3 Å². The fourth-order valence-electron chi connectivity index (χ4n) is 2.18. The van der Waals surface area contributed by atoms with Crippen molar-refractivity contribution >= 4 is 24.3 Å². The molecule has 0 aromatic rings. The molecule has 1 N–H and O–H groups in total. The number of allylic oxidation sites excluding steroid dienone is 3. The van der Waals surface area contributed by atoms with E-state index >= 15 is 0 Å². The van der Waals surface area contributed by atoms with E-state index in [1.165, 1.54) is 5.70 Å². The van der Waals surface area contributed by atoms with Crippen molar-refractivity contribution in [3.63, 3.8) is 0 Å². The first-order valence-corrected chi connectivity index (χ1v) is 8.41. The van der Waals surface area contributed by atoms with Crippen molar-refractivity contribution in [2.45, 2.75) is 33.1 Å². The number of hydrogen-bond acceptors (Lipinski definition) is 4. The summed E-state index contributed by atoms with van der Waals surface area (Å²) in [6, 6.07) is 0. The fourth-order valence-corrected chi connectivity index (χ4v) is 2.81. The molecule has 0 aromatic carbocycles. The predicted molar refractivity (Wildman–Crippen MR) is 91.9 cm³/mol. The van der Waals surface area contributed by atoms with Crippen LogP contribution in [0, 0.1) is 5.92 Å². The fraction of sp³-hybridized carbons (Fsp3) is 0.600. The first-order valence-electron chi connectivity index (χ1n) is 7.64. The van der Waals surface area contributed by atoms with Gasteiger partial charge in [-0.3, -0.25) is 9.71 Å². The third-order valence-corrected chi connectivity index (χ3v) is 4.27. The van der Waals surface area contributed by atoms with Gasteiger partial charge in [0.1, 0.15) is 0 Å². The molecule has 0 saturated carbocycles. The zero-order valence-electron chi connectivity index (χ0n) is 13.1. The molecule has 0 radical (unpaired) electrons. The van der Waals surface area contributed by atoms with Crippen molar-refractivity contribution in [2.24, 2.45) is 16.0 Å². The average Bonchev–Trinajstić information content (AvgIpc) is 3.01. The summed E-state index contributed by atoms with van der Waals surface area (Å²) in [6.45, 7) is 5.89. The second-order valence-electron chi connectivity index (χ2n) is 5.11. The van der Waals surface area contributed by atoms with E-state index in [0.717, 1.165) is 38.3 Å². The van der Waals surface area contributed by atoms with Gasteiger partial charge in [0.15, 0.2) is 0 Å². The molecular weight excluding hydrogens is 282 g/mol. The van der Waals surface area contributed by atoms with E-state index in [4.69, 9.17) is 0 Å². The SMILES string of the molecule is CCN=C(NSN(C)C1=CCCC=C1)N1CC(CC)C=N1. The number of aliphatic imine (C=N–C) groups is 1. The number of hydrogen-bond donors (Lipinski definition) is 1. The van der Waals surface area contributed by atoms with Crippen LogP contribution in [0.5, 0.6) is 0 Å². The number of hydrazone groups is 1. The predicted octanol–water partition coefficient (Wildman–Crippen LogP) is 3.01. The third-order valence-electron chi connectivity index (χ3n) is 3.51. The van der Waals surface area contributed by atoms with Crippen molar-refractivity contribution in [3.05, 3.63) is 23.9 Å². The molecule has 1 heterocycles. The van der Waals surface area contributed by atoms with Crippen LogP contribution in [0.4, 0.5) is 0 Å². The molecule has 0 amide bonds. The van der Waals surface area contributed by atoms with Gasteiger partial charge in [-0.15, -0.1) is 0 Å². The van der Waals surface area contributed by atoms with Gasteiger partial charge in [0, 0.05) is 31.4 Å². The second-order valence-corrected chi connectivity index (χ2v) is 6.05. The van der Waals surface area contributed by atoms with E-state index in [9.17, 15) is 0 Å². The van der Waals surface area contributed by atoms with Gasteiger partial charge in [0.05, 0.1) is 18.7 Å². The van der Waals surface area contributed by atoms with Crippen molar-refractivity contribution in [1.82, 2.24) is 14.0 Å². The summed E-state index contributed by atoms with van der Waals surface area (Å²) in [5.41, 5.74) is 1.23. The minimum absolute atomic E-state index is 0.528. The Morgan fingerprint density at radius 1 is 1.52 bits per heavy atom. The number of likely N-dealkylation sites (N-methyl/N-ethyl adjacent to an activating group) is 1. The minimum Gasteiger partial charge on any atom is -0.302 e. The quantitative estimate of drug-likeness (QED) is 0.482. The normalized spacial score (nSPS) is 21.7. The molecule has 0 bridgehead atoms. The second kappa shape index (κ2) is 8.12. The van der Waals surface area contributed by atoms with Gasteiger partial charge in [-0.25, -0.2) is 5.01 Å². The van der Waals surface area contributed by atoms with Gasteiger partial charge in [-0.05, 0) is 32.3 Å². The van der Waals surface area contributed by atoms with Crippen LogP contribution in [0.15, 0.2) is 34.0 Å². The molecular formula is C15H25N5S. The molecule has 1 aliphatic carbocycles. The van der Waals surface area contributed by atoms with Gasteiger partial charge < -0.3 is 4.31 Å². The molecule has 1 aliphatic heterocycles. The first kappa shape index (κ1) is 15.9. The third kappa shape index (κ3) is 4.52. The standard InChI is InChI=1S/C15H25N5S/c1-4-13-11-17-20(12-13)15(16-5-2)18-21-19(3)14-9-7-6-8-10-14/h7,9-11,13H,4-6,8,12H2,1-3H3,(H,16,18). The maximum absolute atomic E-state index is 4.52. The molecule has 1 unspecified atom stereocenters. The summed E-state index contributed by atoms with van der Waals surface area (Å²) < 4.78 is 5.46. The molecule has 21 heavy (non-hydrogen) atoms. The van der Waals surface area contributed by atoms with Crippen LogP contribution in [-0.2, 0) is 0 Å². The zero-order chi connectivity index (χ0) is 15.1. The van der Waals surface area contributed by atoms with Crippen molar-refractivity contribution in [1.29, 1.82) is 0 Å². The van der Waals surface area contributed by atoms with Crippen LogP contribution in [-0.4, -0.2) is 41.6 Å². The summed E-state index contributed by atoms with van der Waals surface area (Å²) in [5, 5.41) is 6.41. The molecule has 0 fully saturated rings. The molecule has 116 valence electrons. The molecule has 2 rings (SSSR count). The lowest BCUT2D eigenvalue weighted by atomic mass is 10.1. The van der Waals surface area contributed by atoms with E-state index < -0.39 is 0 Å². The lowest BCUT2D eigenvalue weighted by molar-refractivity contribution is 0.431. The zero-order valence-corrected chi connectivity index (χ0v) is 13.9. The molecule has 0 saturated heterocycles. The largest absolute Gasteiger partial charge is 0.302 e. The number of rotatable bonds is 5. The Labute approximate surface area is 132 Å². The highest BCUT2D eigenvalue weighted by Gasteiger charge is 2.20. The van der Waals surface area contributed by atoms with Crippen molar-refractivity contribution in [3.8, 4) is 0 Å². The lowest BCUT2D eigenvalue weighted by Gasteiger charge is -2.24. The van der Waals surface area contributed by atoms with E-state index in [0.29, 0.717) is 5.92 Å². The van der Waals surface area contributed by atoms with Crippen LogP contribution < -0.4 is 4.72 Å². The van der Waals surface area contributed by atoms with Crippen LogP contribution in [0.25, 0.3) is 0 Å². The maximum atomic E-state index is 4.52. The van der Waals surface area contributed by atoms with Crippen LogP contribution in [0.2, 0.25) is 0 Å². The maximum Gasteiger partial charge on any atom is 0.226 e. The van der Waals surface area contributed by atoms with Crippen LogP contribution in [0.1, 0.15) is 33.1 Å². The molecule has 0 spiro atoms. The monoisotopic (exact) mass is 307 g/mol. The number of guanidine groups is 1. The Morgan fingerprint density at radius 3 is 3.00 bits per heavy atom. The first-order chi connectivity index (χ1) is 10.2. The van der Waals surface area contributed by atoms with E-state index in [1.807, 2.05) is 18.1 Å². The molecule has 0 aromatic heterocycles. The van der Waals surface area contributed by atoms with E-state index in [-0.39, 0.29) is 0 Å². The summed E-state index contributed by atoms with van der Waals surface area (Å²) in [6.07, 6.45) is 12.0. The van der Waals surface area contributed by atoms with Gasteiger partial charge in [0.25, 0.3) is 0 Å². The van der Waals surface area contributed by atoms with Gasteiger partial charge in [-0.1, -0.05) is 19.1 Å². The molecule has 6 heteroatoms. The van der Waals surface area contributed by atoms with Crippen molar-refractivity contribution in [2.75, 3.05) is 20.1 Å². The Hall–Kier alpha value is -1.43. The highest BCUT2D eigenvalue weighted by Crippen LogP contribution is 2.19. The summed E-state index contributed by atoms with van der Waals surface area (Å²) in [7, 11) is 2.06. The van der Waals surface area contributed by atoms with Crippen LogP contribution >= 0.6 is 12.1 Å². The highest BCUT2D eigenvalue weighted by atomic mass is 32.2. The van der Waals surface area contributed by atoms with Gasteiger partial charge in [0.2, 0.25) is 5.96 Å². The van der Waals surface area contributed by atoms with Gasteiger partial charge in [-0.2, -0.15) is 5.10 Å². The Bertz CT molecular complexity index is 455. The molecule has 5 nitrogen and oxygen atoms in total. The molecule has 1 atom stereocenters. The summed E-state index contributed by atoms with van der Waals surface area (Å²) in [5.74, 6) is 1.36. The number of nitrogens with one attached hydrogen (secondary N) is 1. The Kier molecular flexibility index (Phi) is 6.17. The molecule has 2 aliphatic rings. The average molecular weight is 307 g/mol. The summed E-state index contributed by atoms with van der Waals surface area (Å²) in [4.78, 5) is 4.52. The topological polar surface area (TPSA) is 43.2 Å². The number of nitrogens with zero attached hydrogens (tertiary/aromatic N) is 4.